The van der Waals surface area contributed by atoms with Crippen LogP contribution in [0.15, 0.2) is 60.8 Å². The summed E-state index contributed by atoms with van der Waals surface area (Å²) in [4.78, 5) is 25.6. The highest BCUT2D eigenvalue weighted by Crippen LogP contribution is 2.28. The van der Waals surface area contributed by atoms with Gasteiger partial charge in [0.25, 0.3) is 5.91 Å². The van der Waals surface area contributed by atoms with Crippen LogP contribution in [-0.2, 0) is 14.8 Å². The van der Waals surface area contributed by atoms with Crippen LogP contribution in [0.1, 0.15) is 26.8 Å². The molecule has 8 heteroatoms. The van der Waals surface area contributed by atoms with Crippen LogP contribution >= 0.6 is 0 Å². The largest absolute Gasteiger partial charge is 0.465 e. The highest BCUT2D eigenvalue weighted by molar-refractivity contribution is 7.88. The molecule has 0 N–H and O–H groups in total. The second-order valence-electron chi connectivity index (χ2n) is 6.35. The highest BCUT2D eigenvalue weighted by atomic mass is 32.2. The van der Waals surface area contributed by atoms with E-state index in [4.69, 9.17) is 4.74 Å². The summed E-state index contributed by atoms with van der Waals surface area (Å²) in [5.41, 5.74) is 1.26. The van der Waals surface area contributed by atoms with E-state index in [1.165, 1.54) is 24.9 Å². The smallest absolute Gasteiger partial charge is 0.340 e. The molecule has 0 radical (unpaired) electrons. The van der Waals surface area contributed by atoms with E-state index in [9.17, 15) is 18.0 Å². The Morgan fingerprint density at radius 1 is 1.04 bits per heavy atom. The molecule has 0 amide bonds. The molecule has 0 unspecified atom stereocenters. The van der Waals surface area contributed by atoms with Gasteiger partial charge in [-0.25, -0.2) is 13.2 Å². The van der Waals surface area contributed by atoms with Gasteiger partial charge in [-0.3, -0.25) is 9.36 Å². The SMILES string of the molecule is COC(=O)c1cn(C(=O)[C@@H](c2ccccc2)N(C)S(C)(=O)=O)c2ccccc12. The van der Waals surface area contributed by atoms with Crippen LogP contribution in [0.5, 0.6) is 0 Å². The molecular weight excluding hydrogens is 380 g/mol. The van der Waals surface area contributed by atoms with Crippen molar-refractivity contribution in [2.45, 2.75) is 6.04 Å². The third kappa shape index (κ3) is 3.56. The fourth-order valence-electron chi connectivity index (χ4n) is 3.10. The monoisotopic (exact) mass is 400 g/mol. The molecule has 146 valence electrons. The van der Waals surface area contributed by atoms with Crippen LogP contribution in [0.4, 0.5) is 0 Å². The van der Waals surface area contributed by atoms with Crippen molar-refractivity contribution in [1.29, 1.82) is 0 Å². The molecule has 0 saturated carbocycles. The fraction of sp³-hybridized carbons (Fsp3) is 0.200. The van der Waals surface area contributed by atoms with Crippen molar-refractivity contribution >= 4 is 32.8 Å². The number of para-hydroxylation sites is 1. The van der Waals surface area contributed by atoms with Gasteiger partial charge in [0.05, 0.1) is 24.4 Å². The lowest BCUT2D eigenvalue weighted by atomic mass is 10.1. The Morgan fingerprint density at radius 2 is 1.64 bits per heavy atom. The first-order chi connectivity index (χ1) is 13.3. The number of aromatic nitrogens is 1. The first-order valence-electron chi connectivity index (χ1n) is 8.46. The maximum atomic E-state index is 13.5. The number of hydrogen-bond donors (Lipinski definition) is 0. The maximum absolute atomic E-state index is 13.5. The Morgan fingerprint density at radius 3 is 2.25 bits per heavy atom. The summed E-state index contributed by atoms with van der Waals surface area (Å²) < 4.78 is 31.5. The minimum absolute atomic E-state index is 0.236. The average Bonchev–Trinajstić information content (AvgIpc) is 3.07. The molecule has 1 heterocycles. The number of benzene rings is 2. The number of esters is 1. The summed E-state index contributed by atoms with van der Waals surface area (Å²) in [5, 5.41) is 0.552. The first kappa shape index (κ1) is 19.8. The van der Waals surface area contributed by atoms with Crippen LogP contribution in [0.25, 0.3) is 10.9 Å². The van der Waals surface area contributed by atoms with Crippen molar-refractivity contribution in [1.82, 2.24) is 8.87 Å². The molecule has 7 nitrogen and oxygen atoms in total. The third-order valence-electron chi connectivity index (χ3n) is 4.59. The summed E-state index contributed by atoms with van der Waals surface area (Å²) in [6, 6.07) is 14.5. The fourth-order valence-corrected chi connectivity index (χ4v) is 3.70. The molecule has 1 atom stereocenters. The lowest BCUT2D eigenvalue weighted by Crippen LogP contribution is -2.37. The molecule has 1 aromatic heterocycles. The number of ether oxygens (including phenoxy) is 1. The number of likely N-dealkylation sites (N-methyl/N-ethyl adjacent to an activating group) is 1. The quantitative estimate of drug-likeness (QED) is 0.615. The van der Waals surface area contributed by atoms with Crippen molar-refractivity contribution < 1.29 is 22.7 Å². The molecule has 0 bridgehead atoms. The van der Waals surface area contributed by atoms with E-state index >= 15 is 0 Å². The summed E-state index contributed by atoms with van der Waals surface area (Å²) in [7, 11) is -1.04. The van der Waals surface area contributed by atoms with Crippen molar-refractivity contribution in [3.63, 3.8) is 0 Å². The van der Waals surface area contributed by atoms with Gasteiger partial charge in [0.2, 0.25) is 10.0 Å². The molecule has 0 aliphatic carbocycles. The number of methoxy groups -OCH3 is 1. The molecule has 0 saturated heterocycles. The van der Waals surface area contributed by atoms with Crippen LogP contribution in [0.3, 0.4) is 0 Å². The first-order valence-corrected chi connectivity index (χ1v) is 10.3. The second kappa shape index (κ2) is 7.57. The Bertz CT molecular complexity index is 1140. The van der Waals surface area contributed by atoms with E-state index < -0.39 is 27.9 Å². The van der Waals surface area contributed by atoms with Crippen molar-refractivity contribution in [2.75, 3.05) is 20.4 Å². The average molecular weight is 400 g/mol. The summed E-state index contributed by atoms with van der Waals surface area (Å²) in [6.45, 7) is 0. The number of hydrogen-bond acceptors (Lipinski definition) is 5. The Kier molecular flexibility index (Phi) is 5.35. The summed E-state index contributed by atoms with van der Waals surface area (Å²) >= 11 is 0. The molecule has 2 aromatic carbocycles. The molecule has 0 aliphatic rings. The van der Waals surface area contributed by atoms with Crippen LogP contribution in [-0.4, -0.2) is 49.6 Å². The topological polar surface area (TPSA) is 85.7 Å². The minimum Gasteiger partial charge on any atom is -0.465 e. The zero-order valence-corrected chi connectivity index (χ0v) is 16.5. The number of rotatable bonds is 5. The van der Waals surface area contributed by atoms with Gasteiger partial charge in [0.15, 0.2) is 0 Å². The van der Waals surface area contributed by atoms with Crippen LogP contribution in [0, 0.1) is 0 Å². The maximum Gasteiger partial charge on any atom is 0.340 e. The van der Waals surface area contributed by atoms with Crippen LogP contribution < -0.4 is 0 Å². The van der Waals surface area contributed by atoms with Crippen molar-refractivity contribution in [3.8, 4) is 0 Å². The van der Waals surface area contributed by atoms with E-state index in [0.717, 1.165) is 10.6 Å². The lowest BCUT2D eigenvalue weighted by molar-refractivity contribution is 0.0603. The van der Waals surface area contributed by atoms with Gasteiger partial charge in [-0.15, -0.1) is 0 Å². The van der Waals surface area contributed by atoms with E-state index in [1.807, 2.05) is 0 Å². The Hall–Kier alpha value is -2.97. The zero-order valence-electron chi connectivity index (χ0n) is 15.7. The van der Waals surface area contributed by atoms with Gasteiger partial charge < -0.3 is 4.74 Å². The van der Waals surface area contributed by atoms with Gasteiger partial charge in [-0.1, -0.05) is 48.5 Å². The number of carbonyl (C=O) groups is 2. The molecule has 0 spiro atoms. The predicted molar refractivity (Wildman–Crippen MR) is 106 cm³/mol. The van der Waals surface area contributed by atoms with Crippen molar-refractivity contribution in [2.24, 2.45) is 0 Å². The van der Waals surface area contributed by atoms with Gasteiger partial charge in [-0.2, -0.15) is 4.31 Å². The molecule has 0 fully saturated rings. The normalized spacial score (nSPS) is 12.9. The molecule has 3 aromatic rings. The number of sulfonamides is 1. The van der Waals surface area contributed by atoms with Gasteiger partial charge in [-0.05, 0) is 11.6 Å². The van der Waals surface area contributed by atoms with Crippen LogP contribution in [0.2, 0.25) is 0 Å². The summed E-state index contributed by atoms with van der Waals surface area (Å²) in [6.07, 6.45) is 2.44. The molecule has 3 rings (SSSR count). The number of fused-ring (bicyclic) bond motifs is 1. The standard InChI is InChI=1S/C20H20N2O5S/c1-21(28(3,25)26)18(14-9-5-4-6-10-14)19(23)22-13-16(20(24)27-2)15-11-7-8-12-17(15)22/h4-13,18H,1-3H3/t18-/m1/s1. The molecule has 0 aliphatic heterocycles. The van der Waals surface area contributed by atoms with E-state index in [2.05, 4.69) is 0 Å². The number of nitrogens with zero attached hydrogens (tertiary/aromatic N) is 2. The third-order valence-corrected chi connectivity index (χ3v) is 5.85. The second-order valence-corrected chi connectivity index (χ2v) is 8.39. The van der Waals surface area contributed by atoms with Crippen molar-refractivity contribution in [3.05, 3.63) is 71.9 Å². The molecular formula is C20H20N2O5S. The minimum atomic E-state index is -3.66. The lowest BCUT2D eigenvalue weighted by Gasteiger charge is -2.25. The van der Waals surface area contributed by atoms with E-state index in [1.54, 1.807) is 54.6 Å². The predicted octanol–water partition coefficient (Wildman–Crippen LogP) is 2.70. The zero-order chi connectivity index (χ0) is 20.5. The van der Waals surface area contributed by atoms with Gasteiger partial charge in [0.1, 0.15) is 6.04 Å². The van der Waals surface area contributed by atoms with Gasteiger partial charge >= 0.3 is 5.97 Å². The number of carbonyl (C=O) groups excluding carboxylic acids is 2. The highest BCUT2D eigenvalue weighted by Gasteiger charge is 2.33. The Labute approximate surface area is 163 Å². The van der Waals surface area contributed by atoms with E-state index in [0.29, 0.717) is 16.5 Å². The van der Waals surface area contributed by atoms with Gasteiger partial charge in [0, 0.05) is 18.6 Å². The Balaban J connectivity index is 2.21. The summed E-state index contributed by atoms with van der Waals surface area (Å²) in [5.74, 6) is -1.07. The molecule has 28 heavy (non-hydrogen) atoms. The van der Waals surface area contributed by atoms with E-state index in [-0.39, 0.29) is 5.56 Å².